The summed E-state index contributed by atoms with van der Waals surface area (Å²) in [4.78, 5) is 230. The summed E-state index contributed by atoms with van der Waals surface area (Å²) in [5.74, 6) is -13.2. The van der Waals surface area contributed by atoms with Crippen LogP contribution in [0.2, 0.25) is 0 Å². The number of nitrogens with two attached hydrogens (primary N) is 5. The van der Waals surface area contributed by atoms with Crippen molar-refractivity contribution in [2.75, 3.05) is 45.9 Å². The average molecular weight is 1790 g/mol. The number of hydrogen-bond acceptors (Lipinski definition) is 23. The Balaban J connectivity index is 1.53. The molecule has 0 bridgehead atoms. The average Bonchev–Trinajstić information content (AvgIpc) is 1.39. The number of unbranched alkanes of at least 4 members (excludes halogenated alkanes) is 3. The molecule has 0 radical (unpaired) electrons. The van der Waals surface area contributed by atoms with Gasteiger partial charge in [-0.15, -0.1) is 0 Å². The predicted molar refractivity (Wildman–Crippen MR) is 478 cm³/mol. The normalized spacial score (nSPS) is 19.2. The molecule has 1 fully saturated rings. The Labute approximate surface area is 740 Å². The molecule has 40 heteroatoms. The number of aromatic amines is 1. The molecule has 26 N–H and O–H groups in total. The number of H-pyrrole nitrogens is 1. The maximum Gasteiger partial charge on any atom is 0.246 e. The Morgan fingerprint density at radius 2 is 1.20 bits per heavy atom. The fourth-order valence-electron chi connectivity index (χ4n) is 14.1. The number of fused-ring (bicyclic) bond motifs is 2. The van der Waals surface area contributed by atoms with E-state index < -0.39 is 177 Å². The lowest BCUT2D eigenvalue weighted by Gasteiger charge is -2.40. The maximum absolute atomic E-state index is 16.3. The molecule has 690 valence electrons. The first-order chi connectivity index (χ1) is 59.5. The van der Waals surface area contributed by atoms with Crippen LogP contribution in [0, 0.1) is 6.92 Å². The van der Waals surface area contributed by atoms with Gasteiger partial charge in [-0.1, -0.05) is 94.4 Å². The SMILES string of the molecule is CC(=O)NCCCC[C@@H]1NC(=O)[C@H](Cc2c[nH]c3c(C)cccc23)NC(=O)[C@H]([C@@H](C)O)NC(=O)[C@H](CC(N)=O)NC[C@@H](NC(C)=O)C(C)(C)SSC(C)(C)[C@@H](C(=O)N[C@@H](Cc2ccc(OCCN)cc2)C(=O)N[C@@H](Cc2ccc3ccccc3c2)C(=O)N[C@@](C)(CCCCN)C(=O)N[C@@H](CCCCNC(C)=O)C(=O)N[C@@H](CC(N)=O)C(=O)NCCC(N)=O)NC1=O. The maximum atomic E-state index is 16.3. The van der Waals surface area contributed by atoms with E-state index in [1.54, 1.807) is 94.6 Å². The summed E-state index contributed by atoms with van der Waals surface area (Å²) in [6.45, 7) is 15.3. The van der Waals surface area contributed by atoms with Crippen LogP contribution >= 0.6 is 21.6 Å². The summed E-state index contributed by atoms with van der Waals surface area (Å²) in [5, 5.41) is 52.2. The minimum absolute atomic E-state index is 0.135. The number of hydrogen-bond donors (Lipinski definition) is 21. The molecule has 38 nitrogen and oxygen atoms in total. The number of rotatable bonds is 43. The molecule has 0 spiro atoms. The molecule has 0 unspecified atom stereocenters. The molecule has 126 heavy (non-hydrogen) atoms. The highest BCUT2D eigenvalue weighted by Crippen LogP contribution is 2.47. The number of para-hydroxylation sites is 1. The Morgan fingerprint density at radius 3 is 1.83 bits per heavy atom. The van der Waals surface area contributed by atoms with Crippen molar-refractivity contribution in [1.29, 1.82) is 0 Å². The highest BCUT2D eigenvalue weighted by atomic mass is 33.1. The summed E-state index contributed by atoms with van der Waals surface area (Å²) in [6, 6.07) is 8.90. The number of aliphatic hydroxyl groups excluding tert-OH is 1. The van der Waals surface area contributed by atoms with E-state index in [0.717, 1.165) is 37.9 Å². The zero-order chi connectivity index (χ0) is 93.2. The van der Waals surface area contributed by atoms with E-state index >= 15 is 28.8 Å². The fraction of sp³-hybridized carbons (Fsp3) is 0.535. The Bertz CT molecular complexity index is 4650. The third-order valence-electron chi connectivity index (χ3n) is 21.2. The van der Waals surface area contributed by atoms with Crippen LogP contribution in [0.25, 0.3) is 21.7 Å². The number of primary amides is 3. The van der Waals surface area contributed by atoms with Gasteiger partial charge < -0.3 is 118 Å². The van der Waals surface area contributed by atoms with Crippen molar-refractivity contribution in [1.82, 2.24) is 79.4 Å². The number of aryl methyl sites for hydroxylation is 1. The van der Waals surface area contributed by atoms with E-state index in [4.69, 9.17) is 33.4 Å². The van der Waals surface area contributed by atoms with Crippen LogP contribution in [0.1, 0.15) is 162 Å². The molecule has 1 saturated heterocycles. The molecule has 1 aliphatic rings. The van der Waals surface area contributed by atoms with Gasteiger partial charge in [-0.25, -0.2) is 0 Å². The lowest BCUT2D eigenvalue weighted by atomic mass is 9.91. The quantitative estimate of drug-likeness (QED) is 0.0165. The van der Waals surface area contributed by atoms with Gasteiger partial charge in [0.25, 0.3) is 0 Å². The predicted octanol–water partition coefficient (Wildman–Crippen LogP) is -0.972. The van der Waals surface area contributed by atoms with E-state index in [1.807, 2.05) is 31.2 Å². The van der Waals surface area contributed by atoms with Crippen molar-refractivity contribution in [3.63, 3.8) is 0 Å². The number of nitrogens with one attached hydrogen (secondary N) is 15. The number of benzene rings is 4. The number of ether oxygens (including phenoxy) is 1. The molecular formula is C86H126N20O18S2. The van der Waals surface area contributed by atoms with Crippen molar-refractivity contribution in [2.24, 2.45) is 28.7 Å². The van der Waals surface area contributed by atoms with E-state index in [2.05, 4.69) is 79.4 Å². The molecule has 6 rings (SSSR count). The Hall–Kier alpha value is -11.5. The fourth-order valence-corrected chi connectivity index (χ4v) is 16.9. The monoisotopic (exact) mass is 1790 g/mol. The Kier molecular flexibility index (Phi) is 41.0. The van der Waals surface area contributed by atoms with Crippen molar-refractivity contribution in [2.45, 2.75) is 247 Å². The number of amides is 16. The van der Waals surface area contributed by atoms with Crippen LogP contribution < -0.4 is 108 Å². The third kappa shape index (κ3) is 33.5. The second kappa shape index (κ2) is 50.0. The molecule has 5 aromatic rings. The zero-order valence-electron chi connectivity index (χ0n) is 73.2. The molecular weight excluding hydrogens is 1670 g/mol. The topological polar surface area (TPSA) is 617 Å². The summed E-state index contributed by atoms with van der Waals surface area (Å²) in [6.07, 6.45) is -1.63. The van der Waals surface area contributed by atoms with Gasteiger partial charge in [-0.3, -0.25) is 76.7 Å². The van der Waals surface area contributed by atoms with Crippen LogP contribution in [0.4, 0.5) is 0 Å². The second-order valence-electron chi connectivity index (χ2n) is 32.8. The number of carbonyl (C=O) groups is 16. The Morgan fingerprint density at radius 1 is 0.587 bits per heavy atom. The summed E-state index contributed by atoms with van der Waals surface area (Å²) in [5.41, 5.74) is 29.4. The van der Waals surface area contributed by atoms with Crippen molar-refractivity contribution >= 4 is 138 Å². The molecule has 0 saturated carbocycles. The second-order valence-corrected chi connectivity index (χ2v) is 36.3. The standard InChI is InChI=1S/C86H126N20O18S2/c1-48-20-19-23-59-57(46-96-71(48)59)43-65-79(119)98-60(24-13-17-36-92-50(3)108)76(116)105-73(85(8,9)126-125-84(6,7)67(97-52(5)110)47-95-62(44-69(90)112)77(117)104-72(49(2)107)81(121)101-65)82(122)102-63(41-53-27-30-58(31-28-53)124-39-35-88)78(118)99-64(42-54-26-29-55-21-11-12-22-56(55)40-54)80(120)106-86(10,33-15-16-34-87)83(123)103-61(25-14-18-37-93-51(4)109)75(115)100-66(45-70(91)113)74(114)94-38-32-68(89)111/h11-12,19-23,26-31,40,46,49,60-67,72-73,95-96,107H,13-18,24-25,32-39,41-45,47,87-88H2,1-10H3,(H2,89,111)(H2,90,112)(H2,91,113)(H,92,108)(H,93,109)(H,94,114)(H,97,110)(H,98,119)(H,99,118)(H,100,115)(H,101,121)(H,102,122)(H,103,123)(H,104,117)(H,105,116)(H,106,120)/t49-,60+,61+,62+,63+,64+,65+,66+,67-,72+,73-,86+/m1/s1. The van der Waals surface area contributed by atoms with Crippen LogP contribution in [-0.4, -0.2) is 232 Å². The first-order valence-electron chi connectivity index (χ1n) is 42.1. The summed E-state index contributed by atoms with van der Waals surface area (Å²) < 4.78 is 3.09. The van der Waals surface area contributed by atoms with Gasteiger partial charge >= 0.3 is 0 Å². The van der Waals surface area contributed by atoms with E-state index in [1.165, 1.54) is 34.6 Å². The van der Waals surface area contributed by atoms with Crippen molar-refractivity contribution in [3.8, 4) is 5.75 Å². The van der Waals surface area contributed by atoms with Crippen molar-refractivity contribution < 1.29 is 86.6 Å². The largest absolute Gasteiger partial charge is 0.492 e. The van der Waals surface area contributed by atoms with Crippen LogP contribution in [0.15, 0.2) is 91.1 Å². The first-order valence-corrected chi connectivity index (χ1v) is 44.3. The van der Waals surface area contributed by atoms with Gasteiger partial charge in [0.05, 0.1) is 31.0 Å². The molecule has 1 aliphatic heterocycles. The van der Waals surface area contributed by atoms with Gasteiger partial charge in [0.1, 0.15) is 66.2 Å². The lowest BCUT2D eigenvalue weighted by molar-refractivity contribution is -0.138. The first kappa shape index (κ1) is 103. The van der Waals surface area contributed by atoms with Gasteiger partial charge in [-0.05, 0) is 158 Å². The summed E-state index contributed by atoms with van der Waals surface area (Å²) in [7, 11) is 2.18. The smallest absolute Gasteiger partial charge is 0.246 e. The molecule has 16 amide bonds. The number of aliphatic hydroxyl groups is 1. The van der Waals surface area contributed by atoms with E-state index in [0.29, 0.717) is 39.8 Å². The zero-order valence-corrected chi connectivity index (χ0v) is 74.8. The van der Waals surface area contributed by atoms with Crippen LogP contribution in [0.5, 0.6) is 5.75 Å². The van der Waals surface area contributed by atoms with Gasteiger partial charge in [0.15, 0.2) is 0 Å². The van der Waals surface area contributed by atoms with Gasteiger partial charge in [-0.2, -0.15) is 0 Å². The van der Waals surface area contributed by atoms with E-state index in [-0.39, 0.29) is 135 Å². The van der Waals surface area contributed by atoms with Gasteiger partial charge in [0, 0.05) is 106 Å². The third-order valence-corrected chi connectivity index (χ3v) is 25.5. The molecule has 2 heterocycles. The van der Waals surface area contributed by atoms with E-state index in [9.17, 15) is 53.1 Å². The molecule has 1 aromatic heterocycles. The highest BCUT2D eigenvalue weighted by Gasteiger charge is 2.46. The summed E-state index contributed by atoms with van der Waals surface area (Å²) >= 11 is 0. The van der Waals surface area contributed by atoms with Gasteiger partial charge in [0.2, 0.25) is 94.5 Å². The minimum atomic E-state index is -1.99. The highest BCUT2D eigenvalue weighted by molar-refractivity contribution is 8.77. The lowest BCUT2D eigenvalue weighted by Crippen LogP contribution is -2.65. The van der Waals surface area contributed by atoms with Crippen molar-refractivity contribution in [3.05, 3.63) is 113 Å². The van der Waals surface area contributed by atoms with Crippen LogP contribution in [-0.2, 0) is 96.0 Å². The molecule has 12 atom stereocenters. The van der Waals surface area contributed by atoms with Crippen LogP contribution in [0.3, 0.4) is 0 Å². The number of aromatic nitrogens is 1. The molecule has 0 aliphatic carbocycles. The molecule has 4 aromatic carbocycles. The minimum Gasteiger partial charge on any atom is -0.492 e. The number of carbonyl (C=O) groups excluding carboxylic acids is 16.